The van der Waals surface area contributed by atoms with E-state index in [9.17, 15) is 14.4 Å². The summed E-state index contributed by atoms with van der Waals surface area (Å²) in [6, 6.07) is 6.99. The van der Waals surface area contributed by atoms with Crippen LogP contribution in [-0.2, 0) is 4.79 Å². The van der Waals surface area contributed by atoms with Crippen LogP contribution in [0.25, 0.3) is 5.69 Å². The number of aromatic nitrogens is 1. The third kappa shape index (κ3) is 3.97. The van der Waals surface area contributed by atoms with Gasteiger partial charge in [0.1, 0.15) is 6.04 Å². The summed E-state index contributed by atoms with van der Waals surface area (Å²) in [4.78, 5) is 38.8. The Morgan fingerprint density at radius 2 is 1.76 bits per heavy atom. The summed E-state index contributed by atoms with van der Waals surface area (Å²) in [5, 5.41) is 2.69. The van der Waals surface area contributed by atoms with E-state index in [1.807, 2.05) is 44.4 Å². The average Bonchev–Trinajstić information content (AvgIpc) is 3.07. The van der Waals surface area contributed by atoms with E-state index in [4.69, 9.17) is 0 Å². The minimum absolute atomic E-state index is 0.234. The zero-order chi connectivity index (χ0) is 21.5. The number of benzene rings is 1. The van der Waals surface area contributed by atoms with Gasteiger partial charge in [-0.1, -0.05) is 19.9 Å². The number of carbonyl (C=O) groups is 3. The number of nitrogens with one attached hydrogen (secondary N) is 1. The van der Waals surface area contributed by atoms with Gasteiger partial charge >= 0.3 is 6.03 Å². The number of carbonyl (C=O) groups excluding carboxylic acids is 3. The number of hydrogen-bond acceptors (Lipinski definition) is 3. The molecule has 1 aromatic carbocycles. The molecule has 1 N–H and O–H groups in total. The van der Waals surface area contributed by atoms with Crippen LogP contribution in [0.15, 0.2) is 24.3 Å². The fourth-order valence-electron chi connectivity index (χ4n) is 3.89. The minimum Gasteiger partial charge on any atom is -0.326 e. The Bertz CT molecular complexity index is 987. The Kier molecular flexibility index (Phi) is 5.64. The standard InChI is InChI=1S/C23H29N3O3/c1-13(2)9-20-22(28)25(23(29)24-20)12-21(27)19-11-16(5)26(17(19)6)18-8-7-14(3)15(4)10-18/h7-8,10-11,13,20H,9,12H2,1-6H3,(H,24,29)/t20-/m0/s1. The van der Waals surface area contributed by atoms with Gasteiger partial charge in [-0.15, -0.1) is 0 Å². The summed E-state index contributed by atoms with van der Waals surface area (Å²) < 4.78 is 2.03. The summed E-state index contributed by atoms with van der Waals surface area (Å²) in [6.45, 7) is 11.7. The number of urea groups is 1. The number of imide groups is 1. The molecule has 3 rings (SSSR count). The minimum atomic E-state index is -0.543. The molecular weight excluding hydrogens is 366 g/mol. The predicted octanol–water partition coefficient (Wildman–Crippen LogP) is 3.86. The van der Waals surface area contributed by atoms with Crippen molar-refractivity contribution in [1.82, 2.24) is 14.8 Å². The smallest absolute Gasteiger partial charge is 0.325 e. The lowest BCUT2D eigenvalue weighted by molar-refractivity contribution is -0.127. The number of rotatable bonds is 6. The Balaban J connectivity index is 1.85. The molecule has 1 aliphatic rings. The molecule has 6 heteroatoms. The van der Waals surface area contributed by atoms with E-state index in [0.29, 0.717) is 12.0 Å². The van der Waals surface area contributed by atoms with Crippen LogP contribution >= 0.6 is 0 Å². The molecule has 0 radical (unpaired) electrons. The topological polar surface area (TPSA) is 71.4 Å². The molecule has 0 saturated carbocycles. The molecule has 1 atom stereocenters. The quantitative estimate of drug-likeness (QED) is 0.596. The zero-order valence-corrected chi connectivity index (χ0v) is 18.0. The van der Waals surface area contributed by atoms with Gasteiger partial charge in [0, 0.05) is 22.6 Å². The molecule has 1 saturated heterocycles. The summed E-state index contributed by atoms with van der Waals surface area (Å²) in [5.74, 6) is -0.279. The SMILES string of the molecule is Cc1ccc(-n2c(C)cc(C(=O)CN3C(=O)N[C@@H](CC(C)C)C3=O)c2C)cc1C. The van der Waals surface area contributed by atoms with Crippen LogP contribution in [0.3, 0.4) is 0 Å². The van der Waals surface area contributed by atoms with Gasteiger partial charge in [-0.05, 0) is 69.4 Å². The van der Waals surface area contributed by atoms with Crippen LogP contribution in [-0.4, -0.2) is 39.8 Å². The lowest BCUT2D eigenvalue weighted by Crippen LogP contribution is -2.36. The van der Waals surface area contributed by atoms with Gasteiger partial charge in [-0.2, -0.15) is 0 Å². The van der Waals surface area contributed by atoms with Crippen molar-refractivity contribution in [3.05, 3.63) is 52.3 Å². The molecule has 29 heavy (non-hydrogen) atoms. The third-order valence-corrected chi connectivity index (χ3v) is 5.60. The van der Waals surface area contributed by atoms with Crippen molar-refractivity contribution in [3.63, 3.8) is 0 Å². The van der Waals surface area contributed by atoms with E-state index >= 15 is 0 Å². The highest BCUT2D eigenvalue weighted by molar-refractivity contribution is 6.09. The number of amides is 3. The largest absolute Gasteiger partial charge is 0.326 e. The molecule has 0 aliphatic carbocycles. The summed E-state index contributed by atoms with van der Waals surface area (Å²) in [7, 11) is 0. The molecule has 2 heterocycles. The Morgan fingerprint density at radius 3 is 2.38 bits per heavy atom. The van der Waals surface area contributed by atoms with Gasteiger partial charge < -0.3 is 9.88 Å². The lowest BCUT2D eigenvalue weighted by Gasteiger charge is -2.14. The van der Waals surface area contributed by atoms with E-state index in [-0.39, 0.29) is 24.2 Å². The van der Waals surface area contributed by atoms with Gasteiger partial charge in [-0.25, -0.2) is 4.79 Å². The first-order valence-corrected chi connectivity index (χ1v) is 10.0. The van der Waals surface area contributed by atoms with Crippen LogP contribution in [0.5, 0.6) is 0 Å². The maximum absolute atomic E-state index is 13.0. The molecular formula is C23H29N3O3. The maximum atomic E-state index is 13.0. The molecule has 1 fully saturated rings. The molecule has 0 bridgehead atoms. The van der Waals surface area contributed by atoms with E-state index in [1.165, 1.54) is 11.1 Å². The second-order valence-corrected chi connectivity index (χ2v) is 8.37. The zero-order valence-electron chi connectivity index (χ0n) is 18.0. The van der Waals surface area contributed by atoms with Crippen molar-refractivity contribution < 1.29 is 14.4 Å². The number of aryl methyl sites for hydroxylation is 3. The molecule has 0 spiro atoms. The van der Waals surface area contributed by atoms with E-state index < -0.39 is 12.1 Å². The number of Topliss-reactive ketones (excluding diaryl/α,β-unsaturated/α-hetero) is 1. The summed E-state index contributed by atoms with van der Waals surface area (Å²) in [5.41, 5.74) is 5.66. The second-order valence-electron chi connectivity index (χ2n) is 8.37. The van der Waals surface area contributed by atoms with Gasteiger partial charge in [0.15, 0.2) is 5.78 Å². The van der Waals surface area contributed by atoms with Gasteiger partial charge in [0.05, 0.1) is 6.54 Å². The molecule has 0 unspecified atom stereocenters. The number of hydrogen-bond donors (Lipinski definition) is 1. The Labute approximate surface area is 171 Å². The highest BCUT2D eigenvalue weighted by atomic mass is 16.2. The molecule has 2 aromatic rings. The lowest BCUT2D eigenvalue weighted by atomic mass is 10.0. The first kappa shape index (κ1) is 20.8. The van der Waals surface area contributed by atoms with Crippen molar-refractivity contribution in [1.29, 1.82) is 0 Å². The summed E-state index contributed by atoms with van der Waals surface area (Å²) >= 11 is 0. The molecule has 3 amide bonds. The third-order valence-electron chi connectivity index (χ3n) is 5.60. The maximum Gasteiger partial charge on any atom is 0.325 e. The van der Waals surface area contributed by atoms with Crippen LogP contribution in [0.2, 0.25) is 0 Å². The first-order valence-electron chi connectivity index (χ1n) is 10.0. The molecule has 1 aliphatic heterocycles. The Hall–Kier alpha value is -2.89. The van der Waals surface area contributed by atoms with Gasteiger partial charge in [0.25, 0.3) is 5.91 Å². The van der Waals surface area contributed by atoms with Crippen LogP contribution in [0.1, 0.15) is 53.1 Å². The summed E-state index contributed by atoms with van der Waals surface area (Å²) in [6.07, 6.45) is 0.566. The van der Waals surface area contributed by atoms with Crippen molar-refractivity contribution >= 4 is 17.7 Å². The van der Waals surface area contributed by atoms with Gasteiger partial charge in [0.2, 0.25) is 0 Å². The van der Waals surface area contributed by atoms with Crippen molar-refractivity contribution in [3.8, 4) is 5.69 Å². The molecule has 1 aromatic heterocycles. The van der Waals surface area contributed by atoms with Gasteiger partial charge in [-0.3, -0.25) is 14.5 Å². The van der Waals surface area contributed by atoms with E-state index in [1.54, 1.807) is 0 Å². The predicted molar refractivity (Wildman–Crippen MR) is 113 cm³/mol. The monoisotopic (exact) mass is 395 g/mol. The van der Waals surface area contributed by atoms with Crippen molar-refractivity contribution in [2.45, 2.75) is 54.0 Å². The fraction of sp³-hybridized carbons (Fsp3) is 0.435. The second kappa shape index (κ2) is 7.85. The number of ketones is 1. The fourth-order valence-corrected chi connectivity index (χ4v) is 3.89. The van der Waals surface area contributed by atoms with Crippen molar-refractivity contribution in [2.75, 3.05) is 6.54 Å². The number of nitrogens with zero attached hydrogens (tertiary/aromatic N) is 2. The highest BCUT2D eigenvalue weighted by Gasteiger charge is 2.39. The van der Waals surface area contributed by atoms with Crippen LogP contribution in [0, 0.1) is 33.6 Å². The van der Waals surface area contributed by atoms with Crippen molar-refractivity contribution in [2.24, 2.45) is 5.92 Å². The molecule has 6 nitrogen and oxygen atoms in total. The Morgan fingerprint density at radius 1 is 1.07 bits per heavy atom. The average molecular weight is 396 g/mol. The molecule has 154 valence electrons. The normalized spacial score (nSPS) is 16.7. The van der Waals surface area contributed by atoms with Crippen LogP contribution in [0.4, 0.5) is 4.79 Å². The first-order chi connectivity index (χ1) is 13.6. The van der Waals surface area contributed by atoms with E-state index in [0.717, 1.165) is 22.0 Å². The van der Waals surface area contributed by atoms with Crippen LogP contribution < -0.4 is 5.32 Å². The van der Waals surface area contributed by atoms with E-state index in [2.05, 4.69) is 31.3 Å². The highest BCUT2D eigenvalue weighted by Crippen LogP contribution is 2.24.